The van der Waals surface area contributed by atoms with Gasteiger partial charge in [-0.2, -0.15) is 13.2 Å². The van der Waals surface area contributed by atoms with Gasteiger partial charge in [0.15, 0.2) is 11.4 Å². The lowest BCUT2D eigenvalue weighted by atomic mass is 10.2. The molecule has 0 spiro atoms. The standard InChI is InChI=1S/C12H15F3N4O/c13-12(14,15)10-9(16-6-17-10)11(20)18-7-3-4-19(5-7)8-1-2-8/h6-8H,1-5H2,(H,16,17)(H,18,20)/t7-/m0/s1. The van der Waals surface area contributed by atoms with E-state index in [4.69, 9.17) is 0 Å². The van der Waals surface area contributed by atoms with Crippen molar-refractivity contribution in [3.8, 4) is 0 Å². The van der Waals surface area contributed by atoms with Crippen molar-refractivity contribution in [1.29, 1.82) is 0 Å². The molecule has 5 nitrogen and oxygen atoms in total. The summed E-state index contributed by atoms with van der Waals surface area (Å²) in [6.45, 7) is 1.60. The number of hydrogen-bond acceptors (Lipinski definition) is 3. The number of hydrogen-bond donors (Lipinski definition) is 2. The Kier molecular flexibility index (Phi) is 3.19. The predicted molar refractivity (Wildman–Crippen MR) is 64.1 cm³/mol. The Morgan fingerprint density at radius 3 is 2.80 bits per heavy atom. The van der Waals surface area contributed by atoms with Crippen molar-refractivity contribution in [2.75, 3.05) is 13.1 Å². The molecule has 0 bridgehead atoms. The first-order valence-corrected chi connectivity index (χ1v) is 6.60. The van der Waals surface area contributed by atoms with Crippen molar-refractivity contribution in [3.63, 3.8) is 0 Å². The third kappa shape index (κ3) is 2.65. The molecule has 3 rings (SSSR count). The summed E-state index contributed by atoms with van der Waals surface area (Å²) in [5, 5.41) is 2.64. The van der Waals surface area contributed by atoms with Crippen LogP contribution >= 0.6 is 0 Å². The van der Waals surface area contributed by atoms with Gasteiger partial charge in [-0.1, -0.05) is 0 Å². The van der Waals surface area contributed by atoms with E-state index in [1.54, 1.807) is 0 Å². The largest absolute Gasteiger partial charge is 0.433 e. The fourth-order valence-electron chi connectivity index (χ4n) is 2.61. The quantitative estimate of drug-likeness (QED) is 0.883. The second kappa shape index (κ2) is 4.76. The zero-order chi connectivity index (χ0) is 14.3. The third-order valence-electron chi connectivity index (χ3n) is 3.76. The second-order valence-electron chi connectivity index (χ2n) is 5.31. The molecule has 1 saturated carbocycles. The maximum Gasteiger partial charge on any atom is 0.433 e. The van der Waals surface area contributed by atoms with E-state index in [0.29, 0.717) is 12.6 Å². The van der Waals surface area contributed by atoms with Crippen LogP contribution in [-0.4, -0.2) is 45.9 Å². The first-order chi connectivity index (χ1) is 9.45. The van der Waals surface area contributed by atoms with E-state index < -0.39 is 23.5 Å². The van der Waals surface area contributed by atoms with Gasteiger partial charge in [0.1, 0.15) is 0 Å². The lowest BCUT2D eigenvalue weighted by Gasteiger charge is -2.15. The summed E-state index contributed by atoms with van der Waals surface area (Å²) in [4.78, 5) is 19.7. The molecule has 1 aromatic heterocycles. The molecule has 1 aromatic rings. The molecular formula is C12H15F3N4O. The number of alkyl halides is 3. The number of rotatable bonds is 3. The van der Waals surface area contributed by atoms with Gasteiger partial charge in [0, 0.05) is 25.2 Å². The van der Waals surface area contributed by atoms with Gasteiger partial charge in [-0.25, -0.2) is 4.98 Å². The van der Waals surface area contributed by atoms with Crippen molar-refractivity contribution in [3.05, 3.63) is 17.7 Å². The van der Waals surface area contributed by atoms with Crippen LogP contribution in [0.5, 0.6) is 0 Å². The molecular weight excluding hydrogens is 273 g/mol. The van der Waals surface area contributed by atoms with E-state index in [0.717, 1.165) is 19.3 Å². The van der Waals surface area contributed by atoms with Crippen molar-refractivity contribution in [1.82, 2.24) is 20.2 Å². The molecule has 0 radical (unpaired) electrons. The van der Waals surface area contributed by atoms with Crippen LogP contribution in [0.2, 0.25) is 0 Å². The van der Waals surface area contributed by atoms with Gasteiger partial charge in [0.2, 0.25) is 0 Å². The van der Waals surface area contributed by atoms with Gasteiger partial charge in [0.05, 0.1) is 6.33 Å². The zero-order valence-electron chi connectivity index (χ0n) is 10.7. The van der Waals surface area contributed by atoms with E-state index in [9.17, 15) is 18.0 Å². The number of nitrogens with one attached hydrogen (secondary N) is 2. The monoisotopic (exact) mass is 288 g/mol. The molecule has 8 heteroatoms. The highest BCUT2D eigenvalue weighted by Crippen LogP contribution is 2.31. The Bertz CT molecular complexity index is 509. The van der Waals surface area contributed by atoms with Crippen LogP contribution in [0.25, 0.3) is 0 Å². The van der Waals surface area contributed by atoms with Crippen molar-refractivity contribution in [2.24, 2.45) is 0 Å². The molecule has 110 valence electrons. The molecule has 20 heavy (non-hydrogen) atoms. The minimum atomic E-state index is -4.60. The molecule has 1 saturated heterocycles. The number of aromatic nitrogens is 2. The number of nitrogens with zero attached hydrogens (tertiary/aromatic N) is 2. The Hall–Kier alpha value is -1.57. The SMILES string of the molecule is O=C(N[C@H]1CCN(C2CC2)C1)c1nc[nH]c1C(F)(F)F. The van der Waals surface area contributed by atoms with E-state index in [1.165, 1.54) is 12.8 Å². The number of likely N-dealkylation sites (tertiary alicyclic amines) is 1. The first-order valence-electron chi connectivity index (χ1n) is 6.60. The number of carbonyl (C=O) groups excluding carboxylic acids is 1. The lowest BCUT2D eigenvalue weighted by Crippen LogP contribution is -2.38. The molecule has 1 atom stereocenters. The van der Waals surface area contributed by atoms with E-state index in [-0.39, 0.29) is 6.04 Å². The van der Waals surface area contributed by atoms with Gasteiger partial charge < -0.3 is 10.3 Å². The molecule has 0 aromatic carbocycles. The number of halogens is 3. The van der Waals surface area contributed by atoms with Crippen LogP contribution in [0.1, 0.15) is 35.4 Å². The van der Waals surface area contributed by atoms with Crippen LogP contribution in [0.3, 0.4) is 0 Å². The Balaban J connectivity index is 1.63. The van der Waals surface area contributed by atoms with Gasteiger partial charge in [-0.3, -0.25) is 9.69 Å². The van der Waals surface area contributed by atoms with E-state index in [1.807, 2.05) is 4.98 Å². The highest BCUT2D eigenvalue weighted by atomic mass is 19.4. The molecule has 1 aliphatic carbocycles. The molecule has 0 unspecified atom stereocenters. The summed E-state index contributed by atoms with van der Waals surface area (Å²) in [7, 11) is 0. The Morgan fingerprint density at radius 1 is 1.40 bits per heavy atom. The minimum absolute atomic E-state index is 0.0964. The van der Waals surface area contributed by atoms with E-state index >= 15 is 0 Å². The normalized spacial score (nSPS) is 24.1. The van der Waals surface area contributed by atoms with Crippen molar-refractivity contribution < 1.29 is 18.0 Å². The summed E-state index contributed by atoms with van der Waals surface area (Å²) in [6, 6.07) is 0.508. The fraction of sp³-hybridized carbons (Fsp3) is 0.667. The number of carbonyl (C=O) groups is 1. The molecule has 1 aliphatic heterocycles. The highest BCUT2D eigenvalue weighted by Gasteiger charge is 2.39. The maximum absolute atomic E-state index is 12.7. The number of aromatic amines is 1. The molecule has 2 N–H and O–H groups in total. The molecule has 1 amide bonds. The van der Waals surface area contributed by atoms with Gasteiger partial charge in [0.25, 0.3) is 5.91 Å². The van der Waals surface area contributed by atoms with E-state index in [2.05, 4.69) is 15.2 Å². The summed E-state index contributed by atoms with van der Waals surface area (Å²) >= 11 is 0. The van der Waals surface area contributed by atoms with Crippen LogP contribution in [0.15, 0.2) is 6.33 Å². The van der Waals surface area contributed by atoms with Gasteiger partial charge in [-0.05, 0) is 19.3 Å². The summed E-state index contributed by atoms with van der Waals surface area (Å²) < 4.78 is 38.0. The van der Waals surface area contributed by atoms with Crippen molar-refractivity contribution >= 4 is 5.91 Å². The fourth-order valence-corrected chi connectivity index (χ4v) is 2.61. The van der Waals surface area contributed by atoms with Gasteiger partial charge in [-0.15, -0.1) is 0 Å². The Morgan fingerprint density at radius 2 is 2.15 bits per heavy atom. The topological polar surface area (TPSA) is 61.0 Å². The van der Waals surface area contributed by atoms with Crippen LogP contribution in [0, 0.1) is 0 Å². The number of amides is 1. The smallest absolute Gasteiger partial charge is 0.347 e. The van der Waals surface area contributed by atoms with Crippen LogP contribution in [-0.2, 0) is 6.18 Å². The maximum atomic E-state index is 12.7. The average Bonchev–Trinajstić information content (AvgIpc) is 2.91. The Labute approximate surface area is 113 Å². The summed E-state index contributed by atoms with van der Waals surface area (Å²) in [5.74, 6) is -0.763. The molecule has 2 fully saturated rings. The molecule has 2 heterocycles. The van der Waals surface area contributed by atoms with Crippen LogP contribution < -0.4 is 5.32 Å². The molecule has 2 aliphatic rings. The lowest BCUT2D eigenvalue weighted by molar-refractivity contribution is -0.141. The van der Waals surface area contributed by atoms with Gasteiger partial charge >= 0.3 is 6.18 Å². The van der Waals surface area contributed by atoms with Crippen molar-refractivity contribution in [2.45, 2.75) is 37.5 Å². The average molecular weight is 288 g/mol. The summed E-state index contributed by atoms with van der Waals surface area (Å²) in [5.41, 5.74) is -1.67. The first kappa shape index (κ1) is 13.4. The minimum Gasteiger partial charge on any atom is -0.347 e. The predicted octanol–water partition coefficient (Wildman–Crippen LogP) is 1.39. The highest BCUT2D eigenvalue weighted by molar-refractivity contribution is 5.93. The number of imidazole rings is 1. The zero-order valence-corrected chi connectivity index (χ0v) is 10.7. The van der Waals surface area contributed by atoms with Crippen LogP contribution in [0.4, 0.5) is 13.2 Å². The number of H-pyrrole nitrogens is 1. The third-order valence-corrected chi connectivity index (χ3v) is 3.76. The summed E-state index contributed by atoms with van der Waals surface area (Å²) in [6.07, 6.45) is -0.577. The second-order valence-corrected chi connectivity index (χ2v) is 5.31.